The molecule has 3 rings (SSSR count). The van der Waals surface area contributed by atoms with Gasteiger partial charge in [0, 0.05) is 11.1 Å². The number of nitrogens with two attached hydrogens (primary N) is 1. The van der Waals surface area contributed by atoms with E-state index in [1.165, 1.54) is 6.42 Å². The molecule has 3 nitrogen and oxygen atoms in total. The van der Waals surface area contributed by atoms with Crippen LogP contribution in [0.1, 0.15) is 57.1 Å². The lowest BCUT2D eigenvalue weighted by Crippen LogP contribution is -2.39. The minimum Gasteiger partial charge on any atom is -0.486 e. The topological polar surface area (TPSA) is 44.5 Å². The first-order valence-corrected chi connectivity index (χ1v) is 7.83. The fraction of sp³-hybridized carbons (Fsp3) is 0.647. The number of hydrogen-bond donors (Lipinski definition) is 1. The van der Waals surface area contributed by atoms with Gasteiger partial charge in [-0.3, -0.25) is 0 Å². The summed E-state index contributed by atoms with van der Waals surface area (Å²) in [7, 11) is 0. The summed E-state index contributed by atoms with van der Waals surface area (Å²) in [6, 6.07) is 3.64. The van der Waals surface area contributed by atoms with Gasteiger partial charge in [-0.2, -0.15) is 0 Å². The molecule has 1 aromatic rings. The van der Waals surface area contributed by atoms with Gasteiger partial charge < -0.3 is 15.2 Å². The smallest absolute Gasteiger partial charge is 0.166 e. The van der Waals surface area contributed by atoms with E-state index in [9.17, 15) is 4.39 Å². The number of halogens is 1. The maximum absolute atomic E-state index is 14.4. The molecule has 0 spiro atoms. The normalized spacial score (nSPS) is 21.1. The Morgan fingerprint density at radius 2 is 1.76 bits per heavy atom. The van der Waals surface area contributed by atoms with Crippen LogP contribution in [-0.4, -0.2) is 13.2 Å². The number of benzene rings is 1. The van der Waals surface area contributed by atoms with Crippen molar-refractivity contribution in [2.45, 2.75) is 57.2 Å². The first kappa shape index (κ1) is 14.6. The van der Waals surface area contributed by atoms with E-state index in [2.05, 4.69) is 0 Å². The van der Waals surface area contributed by atoms with Crippen LogP contribution in [0.25, 0.3) is 0 Å². The Morgan fingerprint density at radius 3 is 2.43 bits per heavy atom. The average Bonchev–Trinajstić information content (AvgIpc) is 2.46. The van der Waals surface area contributed by atoms with Gasteiger partial charge >= 0.3 is 0 Å². The zero-order chi connectivity index (χ0) is 15.1. The molecule has 2 aliphatic rings. The molecule has 21 heavy (non-hydrogen) atoms. The standard InChI is InChI=1S/C17H24FNO2/c1-16(2,18)12-10-13(17(19)6-4-3-5-7-17)15-14(11-12)20-8-9-21-15/h10-11H,3-9,19H2,1-2H3. The SMILES string of the molecule is CC(C)(F)c1cc2c(c(C3(N)CCCCC3)c1)OCCO2. The molecule has 1 aromatic carbocycles. The van der Waals surface area contributed by atoms with E-state index in [1.54, 1.807) is 19.9 Å². The van der Waals surface area contributed by atoms with Crippen LogP contribution in [0.2, 0.25) is 0 Å². The summed E-state index contributed by atoms with van der Waals surface area (Å²) < 4.78 is 25.9. The van der Waals surface area contributed by atoms with Crippen LogP contribution >= 0.6 is 0 Å². The zero-order valence-electron chi connectivity index (χ0n) is 12.9. The van der Waals surface area contributed by atoms with Gasteiger partial charge in [0.05, 0.1) is 0 Å². The van der Waals surface area contributed by atoms with E-state index in [4.69, 9.17) is 15.2 Å². The molecule has 2 N–H and O–H groups in total. The summed E-state index contributed by atoms with van der Waals surface area (Å²) in [6.07, 6.45) is 5.26. The quantitative estimate of drug-likeness (QED) is 0.902. The minimum atomic E-state index is -1.42. The zero-order valence-corrected chi connectivity index (χ0v) is 12.9. The van der Waals surface area contributed by atoms with Crippen molar-refractivity contribution in [3.8, 4) is 11.5 Å². The lowest BCUT2D eigenvalue weighted by atomic mass is 9.76. The predicted octanol–water partition coefficient (Wildman–Crippen LogP) is 3.78. The third-order valence-electron chi connectivity index (χ3n) is 4.61. The van der Waals surface area contributed by atoms with Gasteiger partial charge in [0.2, 0.25) is 0 Å². The Bertz CT molecular complexity index is 530. The first-order valence-electron chi connectivity index (χ1n) is 7.83. The molecule has 0 atom stereocenters. The van der Waals surface area contributed by atoms with Crippen LogP contribution in [0.15, 0.2) is 12.1 Å². The predicted molar refractivity (Wildman–Crippen MR) is 80.5 cm³/mol. The van der Waals surface area contributed by atoms with Crippen LogP contribution in [0.3, 0.4) is 0 Å². The van der Waals surface area contributed by atoms with Crippen molar-refractivity contribution in [1.29, 1.82) is 0 Å². The van der Waals surface area contributed by atoms with Gasteiger partial charge in [-0.1, -0.05) is 19.3 Å². The second kappa shape index (κ2) is 5.16. The Kier molecular flexibility index (Phi) is 3.60. The number of hydrogen-bond acceptors (Lipinski definition) is 3. The van der Waals surface area contributed by atoms with E-state index in [0.717, 1.165) is 37.0 Å². The van der Waals surface area contributed by atoms with Crippen LogP contribution in [0, 0.1) is 0 Å². The molecule has 1 aliphatic carbocycles. The largest absolute Gasteiger partial charge is 0.486 e. The molecule has 1 aliphatic heterocycles. The van der Waals surface area contributed by atoms with E-state index >= 15 is 0 Å². The van der Waals surface area contributed by atoms with Crippen molar-refractivity contribution in [2.24, 2.45) is 5.73 Å². The van der Waals surface area contributed by atoms with Crippen LogP contribution in [0.5, 0.6) is 11.5 Å². The average molecular weight is 293 g/mol. The van der Waals surface area contributed by atoms with Crippen molar-refractivity contribution in [3.63, 3.8) is 0 Å². The highest BCUT2D eigenvalue weighted by atomic mass is 19.1. The van der Waals surface area contributed by atoms with Crippen molar-refractivity contribution < 1.29 is 13.9 Å². The molecule has 1 fully saturated rings. The number of ether oxygens (including phenoxy) is 2. The van der Waals surface area contributed by atoms with E-state index in [0.29, 0.717) is 24.5 Å². The summed E-state index contributed by atoms with van der Waals surface area (Å²) in [6.45, 7) is 4.15. The molecule has 1 heterocycles. The van der Waals surface area contributed by atoms with Gasteiger partial charge in [0.1, 0.15) is 18.9 Å². The van der Waals surface area contributed by atoms with E-state index in [1.807, 2.05) is 6.07 Å². The monoisotopic (exact) mass is 293 g/mol. The lowest BCUT2D eigenvalue weighted by Gasteiger charge is -2.37. The highest BCUT2D eigenvalue weighted by molar-refractivity contribution is 5.54. The van der Waals surface area contributed by atoms with Crippen molar-refractivity contribution in [1.82, 2.24) is 0 Å². The number of fused-ring (bicyclic) bond motifs is 1. The van der Waals surface area contributed by atoms with Crippen molar-refractivity contribution >= 4 is 0 Å². The molecule has 0 amide bonds. The van der Waals surface area contributed by atoms with Gasteiger partial charge in [-0.15, -0.1) is 0 Å². The molecule has 0 saturated heterocycles. The summed E-state index contributed by atoms with van der Waals surface area (Å²) in [5, 5.41) is 0. The number of rotatable bonds is 2. The summed E-state index contributed by atoms with van der Waals surface area (Å²) in [5.41, 5.74) is 6.34. The third-order valence-corrected chi connectivity index (χ3v) is 4.61. The van der Waals surface area contributed by atoms with Crippen LogP contribution in [0.4, 0.5) is 4.39 Å². The van der Waals surface area contributed by atoms with E-state index < -0.39 is 11.2 Å². The third kappa shape index (κ3) is 2.73. The molecule has 116 valence electrons. The van der Waals surface area contributed by atoms with Crippen molar-refractivity contribution in [2.75, 3.05) is 13.2 Å². The molecule has 0 aromatic heterocycles. The van der Waals surface area contributed by atoms with Gasteiger partial charge in [-0.25, -0.2) is 4.39 Å². The Morgan fingerprint density at radius 1 is 1.10 bits per heavy atom. The van der Waals surface area contributed by atoms with Gasteiger partial charge in [0.15, 0.2) is 11.5 Å². The Labute approximate surface area is 125 Å². The maximum Gasteiger partial charge on any atom is 0.166 e. The maximum atomic E-state index is 14.4. The molecule has 4 heteroatoms. The minimum absolute atomic E-state index is 0.426. The van der Waals surface area contributed by atoms with Crippen molar-refractivity contribution in [3.05, 3.63) is 23.3 Å². The first-order chi connectivity index (χ1) is 9.90. The Balaban J connectivity index is 2.12. The summed E-state index contributed by atoms with van der Waals surface area (Å²) >= 11 is 0. The molecule has 1 saturated carbocycles. The van der Waals surface area contributed by atoms with Crippen LogP contribution < -0.4 is 15.2 Å². The molecule has 0 unspecified atom stereocenters. The highest BCUT2D eigenvalue weighted by Crippen LogP contribution is 2.46. The molecular weight excluding hydrogens is 269 g/mol. The summed E-state index contributed by atoms with van der Waals surface area (Å²) in [4.78, 5) is 0. The number of alkyl halides is 1. The van der Waals surface area contributed by atoms with E-state index in [-0.39, 0.29) is 0 Å². The molecule has 0 radical (unpaired) electrons. The van der Waals surface area contributed by atoms with Gasteiger partial charge in [0.25, 0.3) is 0 Å². The van der Waals surface area contributed by atoms with Gasteiger partial charge in [-0.05, 0) is 44.4 Å². The second-order valence-corrected chi connectivity index (χ2v) is 6.74. The lowest BCUT2D eigenvalue weighted by molar-refractivity contribution is 0.161. The Hall–Kier alpha value is -1.29. The summed E-state index contributed by atoms with van der Waals surface area (Å²) in [5.74, 6) is 1.36. The fourth-order valence-electron chi connectivity index (χ4n) is 3.32. The molecule has 0 bridgehead atoms. The second-order valence-electron chi connectivity index (χ2n) is 6.74. The highest BCUT2D eigenvalue weighted by Gasteiger charge is 2.36. The molecular formula is C17H24FNO2. The van der Waals surface area contributed by atoms with Crippen LogP contribution in [-0.2, 0) is 11.2 Å². The fourth-order valence-corrected chi connectivity index (χ4v) is 3.32.